The van der Waals surface area contributed by atoms with Gasteiger partial charge in [-0.2, -0.15) is 13.2 Å². The molecule has 0 spiro atoms. The van der Waals surface area contributed by atoms with E-state index in [0.29, 0.717) is 41.3 Å². The van der Waals surface area contributed by atoms with E-state index in [2.05, 4.69) is 16.0 Å². The highest BCUT2D eigenvalue weighted by molar-refractivity contribution is 5.84. The first kappa shape index (κ1) is 27.4. The van der Waals surface area contributed by atoms with Crippen molar-refractivity contribution in [3.05, 3.63) is 118 Å². The predicted octanol–water partition coefficient (Wildman–Crippen LogP) is 8.15. The second-order valence-electron chi connectivity index (χ2n) is 9.14. The van der Waals surface area contributed by atoms with Crippen LogP contribution in [0.1, 0.15) is 47.0 Å². The molecular formula is C30H26F6N2. The van der Waals surface area contributed by atoms with Crippen LogP contribution >= 0.6 is 0 Å². The fourth-order valence-corrected chi connectivity index (χ4v) is 4.37. The first-order valence-electron chi connectivity index (χ1n) is 12.3. The smallest absolute Gasteiger partial charge is 0.241 e. The highest BCUT2D eigenvalue weighted by atomic mass is 19.4. The summed E-state index contributed by atoms with van der Waals surface area (Å²) in [5.74, 6) is -3.08. The van der Waals surface area contributed by atoms with Crippen LogP contribution in [0.15, 0.2) is 67.0 Å². The Morgan fingerprint density at radius 3 is 2.08 bits per heavy atom. The number of hydrogen-bond acceptors (Lipinski definition) is 2. The van der Waals surface area contributed by atoms with Gasteiger partial charge in [-0.25, -0.2) is 23.1 Å². The molecule has 0 amide bonds. The Hall–Kier alpha value is -3.68. The second-order valence-corrected chi connectivity index (χ2v) is 9.14. The van der Waals surface area contributed by atoms with Crippen LogP contribution in [-0.2, 0) is 38.3 Å². The van der Waals surface area contributed by atoms with Crippen molar-refractivity contribution in [3.8, 4) is 0 Å². The molecule has 0 aliphatic carbocycles. The van der Waals surface area contributed by atoms with Gasteiger partial charge in [0, 0.05) is 24.2 Å². The number of rotatable bonds is 9. The molecular weight excluding hydrogens is 502 g/mol. The zero-order valence-corrected chi connectivity index (χ0v) is 20.8. The predicted molar refractivity (Wildman–Crippen MR) is 135 cm³/mol. The van der Waals surface area contributed by atoms with E-state index >= 15 is 4.39 Å². The average Bonchev–Trinajstić information content (AvgIpc) is 2.87. The first-order chi connectivity index (χ1) is 18.2. The molecule has 0 saturated heterocycles. The van der Waals surface area contributed by atoms with Gasteiger partial charge in [-0.3, -0.25) is 0 Å². The van der Waals surface area contributed by atoms with E-state index in [1.807, 2.05) is 37.5 Å². The fraction of sp³-hybridized carbons (Fsp3) is 0.267. The molecule has 0 saturated carbocycles. The van der Waals surface area contributed by atoms with Crippen molar-refractivity contribution in [3.63, 3.8) is 0 Å². The third-order valence-electron chi connectivity index (χ3n) is 6.40. The SMILES string of the molecule is C/C=C/CCc1cnc(CCc2ccc3c(F)c(CCc4cc(F)c(C(F)(F)F)c(F)c4)ccc3c2)nc1. The quantitative estimate of drug-likeness (QED) is 0.162. The fourth-order valence-electron chi connectivity index (χ4n) is 4.37. The Labute approximate surface area is 217 Å². The maximum Gasteiger partial charge on any atom is 0.422 e. The Balaban J connectivity index is 1.41. The van der Waals surface area contributed by atoms with E-state index in [-0.39, 0.29) is 18.4 Å². The standard InChI is InChI=1S/C30H26F6N2/c1-2-3-4-5-21-17-37-27(38-18-21)13-8-19-7-12-24-23(14-19)11-10-22(29(24)33)9-6-20-15-25(31)28(26(32)16-20)30(34,35)36/h2-3,7,10-12,14-18H,4-6,8-9,13H2,1H3/b3-2+. The third kappa shape index (κ3) is 6.60. The van der Waals surface area contributed by atoms with E-state index in [4.69, 9.17) is 0 Å². The third-order valence-corrected chi connectivity index (χ3v) is 6.40. The number of halogens is 6. The molecule has 0 N–H and O–H groups in total. The van der Waals surface area contributed by atoms with Gasteiger partial charge < -0.3 is 0 Å². The van der Waals surface area contributed by atoms with E-state index in [0.717, 1.165) is 29.8 Å². The maximum absolute atomic E-state index is 15.2. The highest BCUT2D eigenvalue weighted by Gasteiger charge is 2.37. The summed E-state index contributed by atoms with van der Waals surface area (Å²) in [7, 11) is 0. The molecule has 0 radical (unpaired) electrons. The van der Waals surface area contributed by atoms with E-state index < -0.39 is 29.2 Å². The summed E-state index contributed by atoms with van der Waals surface area (Å²) in [4.78, 5) is 8.87. The van der Waals surface area contributed by atoms with Crippen molar-refractivity contribution in [1.82, 2.24) is 9.97 Å². The molecule has 0 atom stereocenters. The van der Waals surface area contributed by atoms with Gasteiger partial charge in [-0.05, 0) is 78.8 Å². The van der Waals surface area contributed by atoms with Crippen LogP contribution in [0.3, 0.4) is 0 Å². The molecule has 4 aromatic rings. The average molecular weight is 529 g/mol. The van der Waals surface area contributed by atoms with Crippen LogP contribution in [0.4, 0.5) is 26.3 Å². The molecule has 8 heteroatoms. The largest absolute Gasteiger partial charge is 0.422 e. The van der Waals surface area contributed by atoms with Crippen LogP contribution in [0.2, 0.25) is 0 Å². The van der Waals surface area contributed by atoms with E-state index in [1.54, 1.807) is 18.2 Å². The van der Waals surface area contributed by atoms with Gasteiger partial charge in [-0.15, -0.1) is 0 Å². The van der Waals surface area contributed by atoms with E-state index in [1.165, 1.54) is 0 Å². The van der Waals surface area contributed by atoms with Gasteiger partial charge in [0.2, 0.25) is 0 Å². The number of nitrogens with zero attached hydrogens (tertiary/aromatic N) is 2. The summed E-state index contributed by atoms with van der Waals surface area (Å²) in [6.45, 7) is 1.99. The zero-order valence-electron chi connectivity index (χ0n) is 20.8. The molecule has 0 aliphatic rings. The minimum Gasteiger partial charge on any atom is -0.241 e. The van der Waals surface area contributed by atoms with Crippen LogP contribution < -0.4 is 0 Å². The van der Waals surface area contributed by atoms with Gasteiger partial charge in [0.05, 0.1) is 0 Å². The monoisotopic (exact) mass is 528 g/mol. The number of hydrogen-bond donors (Lipinski definition) is 0. The molecule has 0 aliphatic heterocycles. The Morgan fingerprint density at radius 2 is 1.42 bits per heavy atom. The van der Waals surface area contributed by atoms with Crippen molar-refractivity contribution in [1.29, 1.82) is 0 Å². The molecule has 3 aromatic carbocycles. The number of benzene rings is 3. The molecule has 1 heterocycles. The molecule has 2 nitrogen and oxygen atoms in total. The van der Waals surface area contributed by atoms with Crippen LogP contribution in [0.25, 0.3) is 10.8 Å². The zero-order chi connectivity index (χ0) is 27.3. The van der Waals surface area contributed by atoms with Crippen molar-refractivity contribution in [2.75, 3.05) is 0 Å². The molecule has 0 unspecified atom stereocenters. The van der Waals surface area contributed by atoms with Crippen molar-refractivity contribution in [2.24, 2.45) is 0 Å². The van der Waals surface area contributed by atoms with Gasteiger partial charge in [0.25, 0.3) is 0 Å². The summed E-state index contributed by atoms with van der Waals surface area (Å²) in [5, 5.41) is 1.10. The minimum absolute atomic E-state index is 0.0133. The van der Waals surface area contributed by atoms with Crippen LogP contribution in [-0.4, -0.2) is 9.97 Å². The maximum atomic E-state index is 15.2. The Bertz CT molecular complexity index is 1420. The minimum atomic E-state index is -5.13. The summed E-state index contributed by atoms with van der Waals surface area (Å²) in [6, 6.07) is 10.1. The van der Waals surface area contributed by atoms with Gasteiger partial charge in [0.1, 0.15) is 28.8 Å². The number of aromatic nitrogens is 2. The van der Waals surface area contributed by atoms with Crippen molar-refractivity contribution < 1.29 is 26.3 Å². The van der Waals surface area contributed by atoms with Gasteiger partial charge in [-0.1, -0.05) is 42.5 Å². The summed E-state index contributed by atoms with van der Waals surface area (Å²) in [6.07, 6.45) is 5.90. The first-order valence-corrected chi connectivity index (χ1v) is 12.3. The van der Waals surface area contributed by atoms with Crippen molar-refractivity contribution in [2.45, 2.75) is 51.6 Å². The Kier molecular flexibility index (Phi) is 8.49. The lowest BCUT2D eigenvalue weighted by molar-refractivity contribution is -0.142. The topological polar surface area (TPSA) is 25.8 Å². The molecule has 0 bridgehead atoms. The highest BCUT2D eigenvalue weighted by Crippen LogP contribution is 2.34. The lowest BCUT2D eigenvalue weighted by Crippen LogP contribution is -2.12. The number of fused-ring (bicyclic) bond motifs is 1. The number of allylic oxidation sites excluding steroid dienone is 2. The summed E-state index contributed by atoms with van der Waals surface area (Å²) in [5.41, 5.74) is 0.501. The van der Waals surface area contributed by atoms with Crippen molar-refractivity contribution >= 4 is 10.8 Å². The Morgan fingerprint density at radius 1 is 0.737 bits per heavy atom. The van der Waals surface area contributed by atoms with Gasteiger partial charge in [0.15, 0.2) is 0 Å². The van der Waals surface area contributed by atoms with Gasteiger partial charge >= 0.3 is 6.18 Å². The lowest BCUT2D eigenvalue weighted by atomic mass is 9.97. The molecule has 4 rings (SSSR count). The normalized spacial score (nSPS) is 12.1. The van der Waals surface area contributed by atoms with Crippen LogP contribution in [0.5, 0.6) is 0 Å². The number of alkyl halides is 3. The molecule has 0 fully saturated rings. The molecule has 198 valence electrons. The summed E-state index contributed by atoms with van der Waals surface area (Å²) >= 11 is 0. The molecule has 1 aromatic heterocycles. The lowest BCUT2D eigenvalue weighted by Gasteiger charge is -2.12. The van der Waals surface area contributed by atoms with E-state index in [9.17, 15) is 22.0 Å². The van der Waals surface area contributed by atoms with Crippen LogP contribution in [0, 0.1) is 17.5 Å². The summed E-state index contributed by atoms with van der Waals surface area (Å²) < 4.78 is 81.2. The number of aryl methyl sites for hydroxylation is 5. The second kappa shape index (κ2) is 11.8. The molecule has 38 heavy (non-hydrogen) atoms.